The third kappa shape index (κ3) is 2.25. The smallest absolute Gasteiger partial charge is 0.202 e. The van der Waals surface area contributed by atoms with Gasteiger partial charge in [-0.3, -0.25) is 4.79 Å². The summed E-state index contributed by atoms with van der Waals surface area (Å²) in [6.07, 6.45) is -3.03. The molecule has 8 nitrogen and oxygen atoms in total. The zero-order valence-electron chi connectivity index (χ0n) is 11.5. The molecule has 6 N–H and O–H groups in total. The first-order chi connectivity index (χ1) is 10.8. The molecule has 23 heavy (non-hydrogen) atoms. The number of ketones is 1. The molecule has 2 atom stereocenters. The third-order valence-electron chi connectivity index (χ3n) is 3.54. The fraction of sp³-hybridized carbons (Fsp3) is 0.133. The van der Waals surface area contributed by atoms with Gasteiger partial charge in [0.2, 0.25) is 5.78 Å². The van der Waals surface area contributed by atoms with E-state index in [2.05, 4.69) is 0 Å². The van der Waals surface area contributed by atoms with E-state index in [0.29, 0.717) is 0 Å². The molecule has 0 aromatic heterocycles. The number of phenolic OH excluding ortho intramolecular Hbond substituents is 5. The van der Waals surface area contributed by atoms with Crippen LogP contribution in [0.5, 0.6) is 34.5 Å². The van der Waals surface area contributed by atoms with Crippen molar-refractivity contribution >= 4 is 5.78 Å². The van der Waals surface area contributed by atoms with Gasteiger partial charge in [0, 0.05) is 17.7 Å². The highest BCUT2D eigenvalue weighted by Crippen LogP contribution is 2.44. The van der Waals surface area contributed by atoms with Crippen LogP contribution < -0.4 is 4.74 Å². The number of phenols is 5. The van der Waals surface area contributed by atoms with E-state index in [4.69, 9.17) is 4.74 Å². The number of fused-ring (bicyclic) bond motifs is 1. The summed E-state index contributed by atoms with van der Waals surface area (Å²) < 4.78 is 5.42. The van der Waals surface area contributed by atoms with Gasteiger partial charge in [-0.2, -0.15) is 0 Å². The molecular formula is C15H12O8. The Balaban J connectivity index is 2.11. The normalized spacial score (nSPS) is 20.0. The molecule has 3 rings (SSSR count). The molecule has 120 valence electrons. The van der Waals surface area contributed by atoms with Gasteiger partial charge in [-0.05, 0) is 12.1 Å². The Kier molecular flexibility index (Phi) is 3.19. The first kappa shape index (κ1) is 14.8. The highest BCUT2D eigenvalue weighted by Gasteiger charge is 2.39. The number of hydrogen-bond donors (Lipinski definition) is 6. The van der Waals surface area contributed by atoms with Gasteiger partial charge in [-0.15, -0.1) is 0 Å². The summed E-state index contributed by atoms with van der Waals surface area (Å²) in [5.41, 5.74) is -0.258. The number of benzene rings is 2. The summed E-state index contributed by atoms with van der Waals surface area (Å²) in [6.45, 7) is 0. The SMILES string of the molecule is O=C1c2c(O)cc(O)cc2O[C@H](c2cc(O)c(O)c(O)c2)[C@@H]1O. The van der Waals surface area contributed by atoms with Crippen LogP contribution in [-0.4, -0.2) is 42.5 Å². The molecule has 0 saturated heterocycles. The van der Waals surface area contributed by atoms with Gasteiger partial charge in [0.05, 0.1) is 0 Å². The van der Waals surface area contributed by atoms with E-state index in [1.54, 1.807) is 0 Å². The molecule has 0 spiro atoms. The van der Waals surface area contributed by atoms with Crippen molar-refractivity contribution in [3.63, 3.8) is 0 Å². The maximum Gasteiger partial charge on any atom is 0.202 e. The Bertz CT molecular complexity index is 790. The second-order valence-corrected chi connectivity index (χ2v) is 5.09. The molecule has 0 aliphatic carbocycles. The predicted molar refractivity (Wildman–Crippen MR) is 74.9 cm³/mol. The average molecular weight is 320 g/mol. The fourth-order valence-electron chi connectivity index (χ4n) is 2.45. The maximum atomic E-state index is 12.2. The largest absolute Gasteiger partial charge is 0.508 e. The van der Waals surface area contributed by atoms with Gasteiger partial charge in [0.25, 0.3) is 0 Å². The van der Waals surface area contributed by atoms with Crippen molar-refractivity contribution in [3.05, 3.63) is 35.4 Å². The van der Waals surface area contributed by atoms with E-state index in [9.17, 15) is 35.4 Å². The Morgan fingerprint density at radius 1 is 0.870 bits per heavy atom. The molecule has 8 heteroatoms. The molecule has 0 amide bonds. The van der Waals surface area contributed by atoms with Crippen molar-refractivity contribution in [3.8, 4) is 34.5 Å². The molecule has 0 unspecified atom stereocenters. The van der Waals surface area contributed by atoms with Crippen LogP contribution >= 0.6 is 0 Å². The minimum Gasteiger partial charge on any atom is -0.508 e. The lowest BCUT2D eigenvalue weighted by molar-refractivity contribution is 0.0209. The molecule has 0 saturated carbocycles. The van der Waals surface area contributed by atoms with Crippen LogP contribution in [0.4, 0.5) is 0 Å². The maximum absolute atomic E-state index is 12.2. The lowest BCUT2D eigenvalue weighted by Gasteiger charge is -2.30. The summed E-state index contributed by atoms with van der Waals surface area (Å²) in [7, 11) is 0. The molecular weight excluding hydrogens is 308 g/mol. The van der Waals surface area contributed by atoms with E-state index in [1.807, 2.05) is 0 Å². The number of rotatable bonds is 1. The number of aliphatic hydroxyl groups excluding tert-OH is 1. The third-order valence-corrected chi connectivity index (χ3v) is 3.54. The van der Waals surface area contributed by atoms with Crippen molar-refractivity contribution in [1.82, 2.24) is 0 Å². The van der Waals surface area contributed by atoms with Crippen molar-refractivity contribution in [2.75, 3.05) is 0 Å². The van der Waals surface area contributed by atoms with Crippen LogP contribution in [0, 0.1) is 0 Å². The molecule has 0 radical (unpaired) electrons. The number of hydrogen-bond acceptors (Lipinski definition) is 8. The lowest BCUT2D eigenvalue weighted by atomic mass is 9.92. The van der Waals surface area contributed by atoms with Gasteiger partial charge in [-0.1, -0.05) is 0 Å². The van der Waals surface area contributed by atoms with Crippen LogP contribution in [-0.2, 0) is 0 Å². The van der Waals surface area contributed by atoms with Gasteiger partial charge >= 0.3 is 0 Å². The number of carbonyl (C=O) groups is 1. The van der Waals surface area contributed by atoms with Gasteiger partial charge in [0.1, 0.15) is 22.8 Å². The topological polar surface area (TPSA) is 148 Å². The molecule has 2 aromatic carbocycles. The van der Waals surface area contributed by atoms with Crippen molar-refractivity contribution < 1.29 is 40.2 Å². The molecule has 1 aliphatic heterocycles. The number of aliphatic hydroxyl groups is 1. The van der Waals surface area contributed by atoms with Crippen LogP contribution in [0.2, 0.25) is 0 Å². The van der Waals surface area contributed by atoms with E-state index in [-0.39, 0.29) is 22.6 Å². The second-order valence-electron chi connectivity index (χ2n) is 5.09. The zero-order valence-corrected chi connectivity index (χ0v) is 11.5. The summed E-state index contributed by atoms with van der Waals surface area (Å²) in [4.78, 5) is 12.2. The summed E-state index contributed by atoms with van der Waals surface area (Å²) in [5, 5.41) is 57.7. The van der Waals surface area contributed by atoms with E-state index >= 15 is 0 Å². The van der Waals surface area contributed by atoms with Crippen molar-refractivity contribution in [2.24, 2.45) is 0 Å². The van der Waals surface area contributed by atoms with E-state index in [0.717, 1.165) is 24.3 Å². The number of aromatic hydroxyl groups is 5. The molecule has 0 bridgehead atoms. The molecule has 2 aromatic rings. The number of Topliss-reactive ketones (excluding diaryl/α,β-unsaturated/α-hetero) is 1. The monoisotopic (exact) mass is 320 g/mol. The van der Waals surface area contributed by atoms with Crippen LogP contribution in [0.15, 0.2) is 24.3 Å². The molecule has 0 fully saturated rings. The average Bonchev–Trinajstić information content (AvgIpc) is 2.47. The highest BCUT2D eigenvalue weighted by atomic mass is 16.5. The fourth-order valence-corrected chi connectivity index (χ4v) is 2.45. The standard InChI is InChI=1S/C15H12O8/c16-6-3-7(17)11-10(4-6)23-15(14(22)13(11)21)5-1-8(18)12(20)9(19)2-5/h1-4,14-20,22H/t14-,15-/m1/s1. The highest BCUT2D eigenvalue weighted by molar-refractivity contribution is 6.05. The van der Waals surface area contributed by atoms with Gasteiger partial charge < -0.3 is 35.4 Å². The summed E-state index contributed by atoms with van der Waals surface area (Å²) >= 11 is 0. The van der Waals surface area contributed by atoms with Crippen LogP contribution in [0.25, 0.3) is 0 Å². The van der Waals surface area contributed by atoms with Gasteiger partial charge in [0.15, 0.2) is 29.5 Å². The predicted octanol–water partition coefficient (Wildman–Crippen LogP) is 0.892. The van der Waals surface area contributed by atoms with Crippen LogP contribution in [0.3, 0.4) is 0 Å². The number of ether oxygens (including phenoxy) is 1. The summed E-state index contributed by atoms with van der Waals surface area (Å²) in [6, 6.07) is 4.06. The minimum atomic E-state index is -1.72. The van der Waals surface area contributed by atoms with E-state index in [1.165, 1.54) is 0 Å². The Labute approximate surface area is 129 Å². The lowest BCUT2D eigenvalue weighted by Crippen LogP contribution is -2.36. The minimum absolute atomic E-state index is 0.0205. The Morgan fingerprint density at radius 3 is 2.09 bits per heavy atom. The van der Waals surface area contributed by atoms with Crippen LogP contribution in [0.1, 0.15) is 22.0 Å². The Morgan fingerprint density at radius 2 is 1.48 bits per heavy atom. The summed E-state index contributed by atoms with van der Waals surface area (Å²) in [5.74, 6) is -3.96. The molecule has 1 aliphatic rings. The first-order valence-electron chi connectivity index (χ1n) is 6.49. The quantitative estimate of drug-likeness (QED) is 0.424. The van der Waals surface area contributed by atoms with Gasteiger partial charge in [-0.25, -0.2) is 0 Å². The zero-order chi connectivity index (χ0) is 16.9. The Hall–Kier alpha value is -3.13. The first-order valence-corrected chi connectivity index (χ1v) is 6.49. The van der Waals surface area contributed by atoms with Crippen molar-refractivity contribution in [2.45, 2.75) is 12.2 Å². The second kappa shape index (κ2) is 4.96. The molecule has 1 heterocycles. The van der Waals surface area contributed by atoms with Crippen molar-refractivity contribution in [1.29, 1.82) is 0 Å². The van der Waals surface area contributed by atoms with E-state index < -0.39 is 41.0 Å². The number of carbonyl (C=O) groups excluding carboxylic acids is 1.